The number of carbonyl (C=O) groups is 1. The number of aliphatic carboxylic acids is 1. The van der Waals surface area contributed by atoms with Crippen LogP contribution in [0.3, 0.4) is 0 Å². The number of carboxylic acids is 1. The van der Waals surface area contributed by atoms with E-state index in [9.17, 15) is 4.79 Å². The molecule has 0 aromatic heterocycles. The quantitative estimate of drug-likeness (QED) is 0.420. The molecule has 0 rings (SSSR count). The summed E-state index contributed by atoms with van der Waals surface area (Å²) in [5.74, 6) is 0.194. The van der Waals surface area contributed by atoms with Crippen LogP contribution in [0.4, 0.5) is 0 Å². The van der Waals surface area contributed by atoms with E-state index in [2.05, 4.69) is 13.8 Å². The summed E-state index contributed by atoms with van der Waals surface area (Å²) in [6, 6.07) is 0. The van der Waals surface area contributed by atoms with E-state index in [4.69, 9.17) is 5.11 Å². The molecule has 0 unspecified atom stereocenters. The molecule has 1 N–H and O–H groups in total. The minimum atomic E-state index is -0.657. The molecule has 0 aliphatic carbocycles. The molecule has 2 nitrogen and oxygen atoms in total. The van der Waals surface area contributed by atoms with Gasteiger partial charge in [-0.2, -0.15) is 0 Å². The first-order valence-electron chi connectivity index (χ1n) is 7.34. The van der Waals surface area contributed by atoms with Gasteiger partial charge >= 0.3 is 35.5 Å². The van der Waals surface area contributed by atoms with Gasteiger partial charge in [-0.25, -0.2) is 0 Å². The molecule has 0 saturated carbocycles. The Hall–Kier alpha value is 0.470. The normalized spacial score (nSPS) is 10.4. The van der Waals surface area contributed by atoms with Crippen molar-refractivity contribution in [2.45, 2.75) is 84.5 Å². The molecule has 104 valence electrons. The molecule has 3 heteroatoms. The molecule has 18 heavy (non-hydrogen) atoms. The molecule has 0 atom stereocenters. The molecular weight excluding hydrogens is 235 g/mol. The van der Waals surface area contributed by atoms with E-state index in [-0.39, 0.29) is 29.6 Å². The molecule has 0 aromatic carbocycles. The molecule has 0 aliphatic rings. The Morgan fingerprint density at radius 3 is 1.61 bits per heavy atom. The molecular formula is C15H31NaO2. The fourth-order valence-electron chi connectivity index (χ4n) is 2.07. The third-order valence-electron chi connectivity index (χ3n) is 3.17. The topological polar surface area (TPSA) is 37.3 Å². The number of hydrogen-bond acceptors (Lipinski definition) is 1. The first-order valence-corrected chi connectivity index (χ1v) is 7.34. The first kappa shape index (κ1) is 20.8. The van der Waals surface area contributed by atoms with Gasteiger partial charge in [0.25, 0.3) is 0 Å². The third kappa shape index (κ3) is 18.8. The molecule has 0 radical (unpaired) electrons. The van der Waals surface area contributed by atoms with Crippen LogP contribution in [-0.4, -0.2) is 40.6 Å². The van der Waals surface area contributed by atoms with Crippen molar-refractivity contribution < 1.29 is 9.90 Å². The van der Waals surface area contributed by atoms with Gasteiger partial charge in [0.2, 0.25) is 0 Å². The van der Waals surface area contributed by atoms with Gasteiger partial charge in [0.15, 0.2) is 0 Å². The standard InChI is InChI=1S/C15H30O2.Na.H/c1-14(2)12-10-8-6-4-3-5-7-9-11-13-15(16)17;;/h14H,3-13H2,1-2H3,(H,16,17);;. The summed E-state index contributed by atoms with van der Waals surface area (Å²) in [7, 11) is 0. The second-order valence-corrected chi connectivity index (χ2v) is 5.51. The van der Waals surface area contributed by atoms with Crippen molar-refractivity contribution in [3.05, 3.63) is 0 Å². The maximum atomic E-state index is 10.3. The molecule has 0 heterocycles. The Morgan fingerprint density at radius 2 is 1.22 bits per heavy atom. The Bertz CT molecular complexity index is 181. The zero-order valence-corrected chi connectivity index (χ0v) is 11.7. The van der Waals surface area contributed by atoms with Gasteiger partial charge in [0, 0.05) is 6.42 Å². The van der Waals surface area contributed by atoms with Crippen LogP contribution in [0.2, 0.25) is 0 Å². The van der Waals surface area contributed by atoms with E-state index in [0.29, 0.717) is 6.42 Å². The van der Waals surface area contributed by atoms with Crippen LogP contribution in [-0.2, 0) is 4.79 Å². The molecule has 0 saturated heterocycles. The van der Waals surface area contributed by atoms with Crippen molar-refractivity contribution >= 4 is 35.5 Å². The van der Waals surface area contributed by atoms with Crippen molar-refractivity contribution in [1.82, 2.24) is 0 Å². The summed E-state index contributed by atoms with van der Waals surface area (Å²) in [6.07, 6.45) is 13.0. The number of unbranched alkanes of at least 4 members (excludes halogenated alkanes) is 8. The monoisotopic (exact) mass is 266 g/mol. The Labute approximate surface area is 135 Å². The van der Waals surface area contributed by atoms with Crippen molar-refractivity contribution in [1.29, 1.82) is 0 Å². The fraction of sp³-hybridized carbons (Fsp3) is 0.933. The van der Waals surface area contributed by atoms with E-state index in [1.54, 1.807) is 0 Å². The maximum absolute atomic E-state index is 10.3. The van der Waals surface area contributed by atoms with Gasteiger partial charge in [0.05, 0.1) is 0 Å². The zero-order valence-electron chi connectivity index (χ0n) is 11.7. The molecule has 0 spiro atoms. The van der Waals surface area contributed by atoms with Crippen LogP contribution < -0.4 is 0 Å². The van der Waals surface area contributed by atoms with Gasteiger partial charge in [-0.15, -0.1) is 0 Å². The van der Waals surface area contributed by atoms with E-state index in [1.807, 2.05) is 0 Å². The molecule has 0 bridgehead atoms. The van der Waals surface area contributed by atoms with Crippen molar-refractivity contribution in [3.8, 4) is 0 Å². The van der Waals surface area contributed by atoms with Crippen LogP contribution in [0.25, 0.3) is 0 Å². The van der Waals surface area contributed by atoms with E-state index >= 15 is 0 Å². The van der Waals surface area contributed by atoms with Crippen LogP contribution >= 0.6 is 0 Å². The molecule has 0 fully saturated rings. The van der Waals surface area contributed by atoms with Gasteiger partial charge in [0.1, 0.15) is 0 Å². The summed E-state index contributed by atoms with van der Waals surface area (Å²) in [4.78, 5) is 10.3. The van der Waals surface area contributed by atoms with Crippen LogP contribution in [0.5, 0.6) is 0 Å². The summed E-state index contributed by atoms with van der Waals surface area (Å²) < 4.78 is 0. The second-order valence-electron chi connectivity index (χ2n) is 5.51. The number of rotatable bonds is 12. The minimum absolute atomic E-state index is 0. The van der Waals surface area contributed by atoms with Gasteiger partial charge in [-0.05, 0) is 12.3 Å². The van der Waals surface area contributed by atoms with Crippen LogP contribution in [0, 0.1) is 5.92 Å². The van der Waals surface area contributed by atoms with Gasteiger partial charge in [-0.3, -0.25) is 4.79 Å². The molecule has 0 aromatic rings. The zero-order chi connectivity index (χ0) is 12.9. The third-order valence-corrected chi connectivity index (χ3v) is 3.17. The van der Waals surface area contributed by atoms with Crippen molar-refractivity contribution in [2.24, 2.45) is 5.92 Å². The SMILES string of the molecule is CC(C)CCCCCCCCCCCC(=O)O.[NaH]. The Morgan fingerprint density at radius 1 is 0.833 bits per heavy atom. The fourth-order valence-corrected chi connectivity index (χ4v) is 2.07. The summed E-state index contributed by atoms with van der Waals surface area (Å²) in [6.45, 7) is 4.58. The van der Waals surface area contributed by atoms with E-state index in [1.165, 1.54) is 51.4 Å². The van der Waals surface area contributed by atoms with Gasteiger partial charge in [-0.1, -0.05) is 71.6 Å². The van der Waals surface area contributed by atoms with E-state index < -0.39 is 5.97 Å². The average molecular weight is 266 g/mol. The molecule has 0 amide bonds. The summed E-state index contributed by atoms with van der Waals surface area (Å²) in [5.41, 5.74) is 0. The van der Waals surface area contributed by atoms with Crippen LogP contribution in [0.15, 0.2) is 0 Å². The van der Waals surface area contributed by atoms with Gasteiger partial charge < -0.3 is 5.11 Å². The number of hydrogen-bond donors (Lipinski definition) is 1. The van der Waals surface area contributed by atoms with Crippen molar-refractivity contribution in [2.75, 3.05) is 0 Å². The predicted octanol–water partition coefficient (Wildman–Crippen LogP) is 4.37. The molecule has 0 aliphatic heterocycles. The Balaban J connectivity index is 0. The summed E-state index contributed by atoms with van der Waals surface area (Å²) in [5, 5.41) is 8.48. The number of carboxylic acid groups (broad SMARTS) is 1. The Kier molecular flexibility index (Phi) is 17.9. The summed E-state index contributed by atoms with van der Waals surface area (Å²) >= 11 is 0. The van der Waals surface area contributed by atoms with Crippen LogP contribution in [0.1, 0.15) is 84.5 Å². The average Bonchev–Trinajstić information content (AvgIpc) is 2.25. The predicted molar refractivity (Wildman–Crippen MR) is 80.4 cm³/mol. The first-order chi connectivity index (χ1) is 8.13. The van der Waals surface area contributed by atoms with Crippen molar-refractivity contribution in [3.63, 3.8) is 0 Å². The second kappa shape index (κ2) is 15.5. The van der Waals surface area contributed by atoms with E-state index in [0.717, 1.165) is 18.8 Å².